The predicted molar refractivity (Wildman–Crippen MR) is 88.3 cm³/mol. The minimum absolute atomic E-state index is 0.0417. The van der Waals surface area contributed by atoms with Gasteiger partial charge in [0, 0.05) is 0 Å². The molecule has 0 amide bonds. The zero-order chi connectivity index (χ0) is 16.3. The van der Waals surface area contributed by atoms with Crippen molar-refractivity contribution in [3.8, 4) is 5.75 Å². The summed E-state index contributed by atoms with van der Waals surface area (Å²) in [5.41, 5.74) is 4.03. The summed E-state index contributed by atoms with van der Waals surface area (Å²) in [7, 11) is 1.48. The lowest BCUT2D eigenvalue weighted by Gasteiger charge is -2.21. The van der Waals surface area contributed by atoms with Crippen molar-refractivity contribution in [2.45, 2.75) is 52.9 Å². The summed E-state index contributed by atoms with van der Waals surface area (Å²) in [5, 5.41) is 0. The Kier molecular flexibility index (Phi) is 5.49. The fraction of sp³-hybridized carbons (Fsp3) is 0.632. The van der Waals surface area contributed by atoms with E-state index >= 15 is 0 Å². The largest absolute Gasteiger partial charge is 0.494 e. The van der Waals surface area contributed by atoms with Crippen LogP contribution in [-0.4, -0.2) is 19.7 Å². The number of carbonyl (C=O) groups is 1. The zero-order valence-electron chi connectivity index (χ0n) is 14.4. The molecule has 0 aromatic heterocycles. The fourth-order valence-electron chi connectivity index (χ4n) is 3.63. The van der Waals surface area contributed by atoms with E-state index in [1.54, 1.807) is 0 Å². The second kappa shape index (κ2) is 7.17. The highest BCUT2D eigenvalue weighted by Crippen LogP contribution is 2.47. The van der Waals surface area contributed by atoms with Crippen molar-refractivity contribution in [1.82, 2.24) is 0 Å². The average Bonchev–Trinajstić information content (AvgIpc) is 3.24. The van der Waals surface area contributed by atoms with Crippen molar-refractivity contribution in [3.63, 3.8) is 0 Å². The van der Waals surface area contributed by atoms with Crippen molar-refractivity contribution in [2.75, 3.05) is 13.7 Å². The number of carbonyl (C=O) groups excluding carboxylic acids is 1. The summed E-state index contributed by atoms with van der Waals surface area (Å²) in [6.45, 7) is 9.26. The van der Waals surface area contributed by atoms with Crippen LogP contribution in [-0.2, 0) is 9.53 Å². The SMILES string of the molecule is CCOc1cc(C)c(C(CC)CC2CC2C(=O)OC)c(C)c1. The van der Waals surface area contributed by atoms with Crippen LogP contribution in [0.4, 0.5) is 0 Å². The highest BCUT2D eigenvalue weighted by molar-refractivity contribution is 5.75. The van der Waals surface area contributed by atoms with Crippen LogP contribution in [0.3, 0.4) is 0 Å². The number of hydrogen-bond donors (Lipinski definition) is 0. The van der Waals surface area contributed by atoms with Gasteiger partial charge in [-0.05, 0) is 80.7 Å². The van der Waals surface area contributed by atoms with Crippen LogP contribution in [0.2, 0.25) is 0 Å². The van der Waals surface area contributed by atoms with Crippen LogP contribution >= 0.6 is 0 Å². The molecule has 0 aliphatic heterocycles. The lowest BCUT2D eigenvalue weighted by molar-refractivity contribution is -0.142. The third kappa shape index (κ3) is 3.63. The third-order valence-corrected chi connectivity index (χ3v) is 4.79. The Bertz CT molecular complexity index is 512. The van der Waals surface area contributed by atoms with Crippen molar-refractivity contribution in [1.29, 1.82) is 0 Å². The van der Waals surface area contributed by atoms with Gasteiger partial charge >= 0.3 is 5.97 Å². The Morgan fingerprint density at radius 1 is 1.27 bits per heavy atom. The molecule has 0 saturated heterocycles. The summed E-state index contributed by atoms with van der Waals surface area (Å²) in [5.74, 6) is 2.04. The van der Waals surface area contributed by atoms with Gasteiger partial charge in [0.15, 0.2) is 0 Å². The molecule has 2 rings (SSSR count). The minimum Gasteiger partial charge on any atom is -0.494 e. The topological polar surface area (TPSA) is 35.5 Å². The molecule has 0 spiro atoms. The smallest absolute Gasteiger partial charge is 0.308 e. The molecule has 0 N–H and O–H groups in total. The molecule has 3 heteroatoms. The van der Waals surface area contributed by atoms with E-state index < -0.39 is 0 Å². The molecule has 0 bridgehead atoms. The van der Waals surface area contributed by atoms with Gasteiger partial charge in [0.05, 0.1) is 19.6 Å². The first-order chi connectivity index (χ1) is 10.5. The molecule has 1 aliphatic carbocycles. The first kappa shape index (κ1) is 16.9. The van der Waals surface area contributed by atoms with Gasteiger partial charge in [-0.15, -0.1) is 0 Å². The maximum absolute atomic E-state index is 11.6. The predicted octanol–water partition coefficient (Wildman–Crippen LogP) is 4.39. The second-order valence-electron chi connectivity index (χ2n) is 6.37. The lowest BCUT2D eigenvalue weighted by Crippen LogP contribution is -2.08. The molecule has 122 valence electrons. The summed E-state index contributed by atoms with van der Waals surface area (Å²) < 4.78 is 10.5. The number of rotatable bonds is 7. The van der Waals surface area contributed by atoms with Gasteiger partial charge in [0.25, 0.3) is 0 Å². The number of benzene rings is 1. The molecule has 3 atom stereocenters. The van der Waals surface area contributed by atoms with Gasteiger partial charge in [0.2, 0.25) is 0 Å². The number of esters is 1. The number of hydrogen-bond acceptors (Lipinski definition) is 3. The van der Waals surface area contributed by atoms with E-state index in [2.05, 4.69) is 32.9 Å². The standard InChI is InChI=1S/C19H28O3/c1-6-14(10-15-11-17(15)19(20)21-5)18-12(3)8-16(22-7-2)9-13(18)4/h8-9,14-15,17H,6-7,10-11H2,1-5H3. The van der Waals surface area contributed by atoms with Crippen LogP contribution in [0.25, 0.3) is 0 Å². The molecule has 3 unspecified atom stereocenters. The van der Waals surface area contributed by atoms with E-state index in [0.29, 0.717) is 18.4 Å². The highest BCUT2D eigenvalue weighted by atomic mass is 16.5. The summed E-state index contributed by atoms with van der Waals surface area (Å²) in [6.07, 6.45) is 3.16. The van der Waals surface area contributed by atoms with E-state index in [-0.39, 0.29) is 11.9 Å². The van der Waals surface area contributed by atoms with Gasteiger partial charge in [-0.2, -0.15) is 0 Å². The molecule has 22 heavy (non-hydrogen) atoms. The second-order valence-corrected chi connectivity index (χ2v) is 6.37. The maximum Gasteiger partial charge on any atom is 0.308 e. The molecule has 1 saturated carbocycles. The van der Waals surface area contributed by atoms with Crippen molar-refractivity contribution >= 4 is 5.97 Å². The molecule has 3 nitrogen and oxygen atoms in total. The maximum atomic E-state index is 11.6. The molecular formula is C19H28O3. The Morgan fingerprint density at radius 3 is 2.41 bits per heavy atom. The van der Waals surface area contributed by atoms with E-state index in [1.807, 2.05) is 6.92 Å². The Morgan fingerprint density at radius 2 is 1.91 bits per heavy atom. The van der Waals surface area contributed by atoms with Gasteiger partial charge in [-0.1, -0.05) is 6.92 Å². The highest BCUT2D eigenvalue weighted by Gasteiger charge is 2.44. The van der Waals surface area contributed by atoms with Crippen LogP contribution < -0.4 is 4.74 Å². The van der Waals surface area contributed by atoms with Gasteiger partial charge in [-0.25, -0.2) is 0 Å². The Hall–Kier alpha value is -1.51. The Labute approximate surface area is 134 Å². The van der Waals surface area contributed by atoms with Crippen molar-refractivity contribution < 1.29 is 14.3 Å². The minimum atomic E-state index is -0.0417. The number of methoxy groups -OCH3 is 1. The fourth-order valence-corrected chi connectivity index (χ4v) is 3.63. The van der Waals surface area contributed by atoms with Gasteiger partial charge in [-0.3, -0.25) is 4.79 Å². The molecule has 1 fully saturated rings. The summed E-state index contributed by atoms with van der Waals surface area (Å²) in [6, 6.07) is 4.28. The quantitative estimate of drug-likeness (QED) is 0.701. The van der Waals surface area contributed by atoms with E-state index in [4.69, 9.17) is 9.47 Å². The third-order valence-electron chi connectivity index (χ3n) is 4.79. The lowest BCUT2D eigenvalue weighted by atomic mass is 9.85. The number of aryl methyl sites for hydroxylation is 2. The monoisotopic (exact) mass is 304 g/mol. The van der Waals surface area contributed by atoms with E-state index in [1.165, 1.54) is 23.8 Å². The first-order valence-corrected chi connectivity index (χ1v) is 8.33. The van der Waals surface area contributed by atoms with Gasteiger partial charge in [0.1, 0.15) is 5.75 Å². The van der Waals surface area contributed by atoms with E-state index in [9.17, 15) is 4.79 Å². The molecule has 1 aliphatic rings. The molecule has 1 aromatic rings. The molecule has 1 aromatic carbocycles. The van der Waals surface area contributed by atoms with Crippen molar-refractivity contribution in [3.05, 3.63) is 28.8 Å². The molecular weight excluding hydrogens is 276 g/mol. The van der Waals surface area contributed by atoms with Crippen molar-refractivity contribution in [2.24, 2.45) is 11.8 Å². The van der Waals surface area contributed by atoms with E-state index in [0.717, 1.165) is 25.0 Å². The molecule has 0 radical (unpaired) electrons. The first-order valence-electron chi connectivity index (χ1n) is 8.33. The average molecular weight is 304 g/mol. The molecule has 0 heterocycles. The van der Waals surface area contributed by atoms with Crippen LogP contribution in [0.15, 0.2) is 12.1 Å². The normalized spacial score (nSPS) is 21.3. The summed E-state index contributed by atoms with van der Waals surface area (Å²) >= 11 is 0. The number of ether oxygens (including phenoxy) is 2. The van der Waals surface area contributed by atoms with Crippen LogP contribution in [0, 0.1) is 25.7 Å². The zero-order valence-corrected chi connectivity index (χ0v) is 14.4. The van der Waals surface area contributed by atoms with Crippen LogP contribution in [0.5, 0.6) is 5.75 Å². The Balaban J connectivity index is 2.13. The summed E-state index contributed by atoms with van der Waals surface area (Å²) in [4.78, 5) is 11.6. The van der Waals surface area contributed by atoms with Crippen LogP contribution in [0.1, 0.15) is 55.7 Å². The van der Waals surface area contributed by atoms with Gasteiger partial charge < -0.3 is 9.47 Å².